The summed E-state index contributed by atoms with van der Waals surface area (Å²) in [5, 5.41) is 0. The van der Waals surface area contributed by atoms with Gasteiger partial charge in [0.25, 0.3) is 0 Å². The highest BCUT2D eigenvalue weighted by Gasteiger charge is 2.25. The first kappa shape index (κ1) is 13.1. The van der Waals surface area contributed by atoms with Crippen LogP contribution in [0, 0.1) is 11.7 Å². The predicted octanol–water partition coefficient (Wildman–Crippen LogP) is 2.92. The molecule has 0 amide bonds. The van der Waals surface area contributed by atoms with Crippen molar-refractivity contribution in [2.75, 3.05) is 0 Å². The molecule has 0 radical (unpaired) electrons. The summed E-state index contributed by atoms with van der Waals surface area (Å²) in [6.07, 6.45) is 2.94. The molecule has 4 heteroatoms. The van der Waals surface area contributed by atoms with Gasteiger partial charge in [-0.15, -0.1) is 0 Å². The Morgan fingerprint density at radius 3 is 2.47 bits per heavy atom. The van der Waals surface area contributed by atoms with Gasteiger partial charge in [-0.05, 0) is 31.2 Å². The van der Waals surface area contributed by atoms with E-state index in [1.54, 1.807) is 24.4 Å². The highest BCUT2D eigenvalue weighted by atomic mass is 19.1. The van der Waals surface area contributed by atoms with E-state index in [2.05, 4.69) is 4.98 Å². The largest absolute Gasteiger partial charge is 0.293 e. The number of aromatic nitrogens is 1. The maximum Gasteiger partial charge on any atom is 0.176 e. The third kappa shape index (κ3) is 2.73. The molecule has 96 valence electrons. The predicted molar refractivity (Wildman–Crippen MR) is 68.5 cm³/mol. The summed E-state index contributed by atoms with van der Waals surface area (Å²) in [7, 11) is 0. The molecule has 0 bridgehead atoms. The van der Waals surface area contributed by atoms with Crippen LogP contribution in [-0.4, -0.2) is 16.6 Å². The number of carbonyl (C=O) groups is 2. The molecule has 0 saturated heterocycles. The number of carbonyl (C=O) groups excluding carboxylic acids is 2. The van der Waals surface area contributed by atoms with E-state index in [-0.39, 0.29) is 11.3 Å². The van der Waals surface area contributed by atoms with Crippen molar-refractivity contribution >= 4 is 11.6 Å². The molecule has 2 aromatic rings. The smallest absolute Gasteiger partial charge is 0.176 e. The van der Waals surface area contributed by atoms with Gasteiger partial charge in [0.05, 0.1) is 11.5 Å². The molecule has 1 atom stereocenters. The van der Waals surface area contributed by atoms with Crippen molar-refractivity contribution in [3.8, 4) is 0 Å². The van der Waals surface area contributed by atoms with E-state index in [0.29, 0.717) is 5.56 Å². The first-order valence-corrected chi connectivity index (χ1v) is 5.84. The van der Waals surface area contributed by atoms with E-state index >= 15 is 0 Å². The van der Waals surface area contributed by atoms with Crippen LogP contribution in [0.1, 0.15) is 27.6 Å². The zero-order chi connectivity index (χ0) is 13.8. The second kappa shape index (κ2) is 5.52. The molecule has 3 nitrogen and oxygen atoms in total. The molecule has 0 aliphatic heterocycles. The lowest BCUT2D eigenvalue weighted by Gasteiger charge is -2.09. The van der Waals surface area contributed by atoms with Gasteiger partial charge in [0.15, 0.2) is 11.6 Å². The summed E-state index contributed by atoms with van der Waals surface area (Å²) in [4.78, 5) is 28.0. The van der Waals surface area contributed by atoms with Crippen LogP contribution in [0.2, 0.25) is 0 Å². The van der Waals surface area contributed by atoms with Crippen molar-refractivity contribution in [1.82, 2.24) is 4.98 Å². The summed E-state index contributed by atoms with van der Waals surface area (Å²) in [6.45, 7) is 1.48. The molecular weight excluding hydrogens is 245 g/mol. The van der Waals surface area contributed by atoms with E-state index in [4.69, 9.17) is 0 Å². The van der Waals surface area contributed by atoms with Gasteiger partial charge in [0.2, 0.25) is 0 Å². The van der Waals surface area contributed by atoms with Crippen molar-refractivity contribution in [3.05, 3.63) is 65.7 Å². The second-order valence-electron chi connectivity index (χ2n) is 4.17. The Bertz CT molecular complexity index is 611. The van der Waals surface area contributed by atoms with Crippen molar-refractivity contribution in [2.45, 2.75) is 6.92 Å². The van der Waals surface area contributed by atoms with Gasteiger partial charge in [-0.3, -0.25) is 14.6 Å². The lowest BCUT2D eigenvalue weighted by Crippen LogP contribution is -2.22. The molecule has 0 aliphatic rings. The average molecular weight is 257 g/mol. The molecule has 0 saturated carbocycles. The van der Waals surface area contributed by atoms with Gasteiger partial charge in [-0.2, -0.15) is 0 Å². The van der Waals surface area contributed by atoms with Gasteiger partial charge < -0.3 is 0 Å². The van der Waals surface area contributed by atoms with Crippen molar-refractivity contribution < 1.29 is 14.0 Å². The molecular formula is C15H12FNO2. The highest BCUT2D eigenvalue weighted by molar-refractivity contribution is 6.15. The monoisotopic (exact) mass is 257 g/mol. The number of halogens is 1. The lowest BCUT2D eigenvalue weighted by atomic mass is 9.92. The van der Waals surface area contributed by atoms with Crippen LogP contribution in [0.4, 0.5) is 4.39 Å². The van der Waals surface area contributed by atoms with Gasteiger partial charge in [0.1, 0.15) is 5.82 Å². The second-order valence-corrected chi connectivity index (χ2v) is 4.17. The quantitative estimate of drug-likeness (QED) is 0.625. The van der Waals surface area contributed by atoms with E-state index in [1.165, 1.54) is 31.3 Å². The van der Waals surface area contributed by atoms with Crippen molar-refractivity contribution in [3.63, 3.8) is 0 Å². The zero-order valence-electron chi connectivity index (χ0n) is 10.3. The Labute approximate surface area is 110 Å². The lowest BCUT2D eigenvalue weighted by molar-refractivity contribution is 0.0818. The highest BCUT2D eigenvalue weighted by Crippen LogP contribution is 2.16. The van der Waals surface area contributed by atoms with Gasteiger partial charge in [-0.1, -0.05) is 12.1 Å². The third-order valence-corrected chi connectivity index (χ3v) is 2.87. The fourth-order valence-electron chi connectivity index (χ4n) is 1.77. The van der Waals surface area contributed by atoms with Crippen molar-refractivity contribution in [2.24, 2.45) is 5.92 Å². The van der Waals surface area contributed by atoms with Crippen LogP contribution in [0.25, 0.3) is 0 Å². The minimum atomic E-state index is -0.930. The van der Waals surface area contributed by atoms with E-state index in [0.717, 1.165) is 0 Å². The molecule has 19 heavy (non-hydrogen) atoms. The number of nitrogens with zero attached hydrogens (tertiary/aromatic N) is 1. The Morgan fingerprint density at radius 2 is 1.84 bits per heavy atom. The Morgan fingerprint density at radius 1 is 1.11 bits per heavy atom. The number of hydrogen-bond donors (Lipinski definition) is 0. The summed E-state index contributed by atoms with van der Waals surface area (Å²) >= 11 is 0. The van der Waals surface area contributed by atoms with Gasteiger partial charge in [0, 0.05) is 18.0 Å². The summed E-state index contributed by atoms with van der Waals surface area (Å²) < 4.78 is 13.5. The zero-order valence-corrected chi connectivity index (χ0v) is 10.3. The van der Waals surface area contributed by atoms with Gasteiger partial charge >= 0.3 is 0 Å². The molecule has 1 unspecified atom stereocenters. The summed E-state index contributed by atoms with van der Waals surface area (Å²) in [5.74, 6) is -2.42. The molecule has 2 rings (SSSR count). The molecule has 0 fully saturated rings. The van der Waals surface area contributed by atoms with Crippen LogP contribution < -0.4 is 0 Å². The molecule has 1 aromatic carbocycles. The fourth-order valence-corrected chi connectivity index (χ4v) is 1.77. The summed E-state index contributed by atoms with van der Waals surface area (Å²) in [5.41, 5.74) is 0.284. The molecule has 0 spiro atoms. The maximum absolute atomic E-state index is 13.5. The van der Waals surface area contributed by atoms with Crippen LogP contribution in [-0.2, 0) is 0 Å². The summed E-state index contributed by atoms with van der Waals surface area (Å²) in [6, 6.07) is 8.85. The molecule has 0 aliphatic carbocycles. The maximum atomic E-state index is 13.5. The van der Waals surface area contributed by atoms with Crippen molar-refractivity contribution in [1.29, 1.82) is 0 Å². The van der Waals surface area contributed by atoms with Crippen LogP contribution in [0.3, 0.4) is 0 Å². The molecule has 1 aromatic heterocycles. The standard InChI is InChI=1S/C15H12FNO2/c1-10(14(18)11-5-4-8-17-9-11)15(19)12-6-2-3-7-13(12)16/h2-10H,1H3. The number of benzene rings is 1. The fraction of sp³-hybridized carbons (Fsp3) is 0.133. The van der Waals surface area contributed by atoms with E-state index in [1.807, 2.05) is 0 Å². The number of rotatable bonds is 4. The first-order valence-electron chi connectivity index (χ1n) is 5.84. The normalized spacial score (nSPS) is 11.9. The first-order chi connectivity index (χ1) is 9.11. The Hall–Kier alpha value is -2.36. The Kier molecular flexibility index (Phi) is 3.80. The Balaban J connectivity index is 2.26. The minimum absolute atomic E-state index is 0.0627. The van der Waals surface area contributed by atoms with Crippen LogP contribution in [0.5, 0.6) is 0 Å². The minimum Gasteiger partial charge on any atom is -0.293 e. The van der Waals surface area contributed by atoms with E-state index < -0.39 is 17.5 Å². The SMILES string of the molecule is CC(C(=O)c1cccnc1)C(=O)c1ccccc1F. The topological polar surface area (TPSA) is 47.0 Å². The van der Waals surface area contributed by atoms with E-state index in [9.17, 15) is 14.0 Å². The third-order valence-electron chi connectivity index (χ3n) is 2.87. The number of Topliss-reactive ketones (excluding diaryl/α,β-unsaturated/α-hetero) is 2. The number of hydrogen-bond acceptors (Lipinski definition) is 3. The number of ketones is 2. The van der Waals surface area contributed by atoms with Crippen LogP contribution >= 0.6 is 0 Å². The molecule has 1 heterocycles. The molecule has 0 N–H and O–H groups in total. The number of pyridine rings is 1. The van der Waals surface area contributed by atoms with Crippen LogP contribution in [0.15, 0.2) is 48.8 Å². The van der Waals surface area contributed by atoms with Gasteiger partial charge in [-0.25, -0.2) is 4.39 Å². The average Bonchev–Trinajstić information content (AvgIpc) is 2.46.